The molecule has 0 unspecified atom stereocenters. The van der Waals surface area contributed by atoms with Crippen molar-refractivity contribution >= 4 is 43.6 Å². The van der Waals surface area contributed by atoms with Crippen LogP contribution < -0.4 is 5.55 Å². The highest BCUT2D eigenvalue weighted by atomic mass is 79.9. The van der Waals surface area contributed by atoms with Crippen molar-refractivity contribution in [1.82, 2.24) is 9.97 Å². The lowest BCUT2D eigenvalue weighted by molar-refractivity contribution is 0.547. The van der Waals surface area contributed by atoms with E-state index in [9.17, 15) is 0 Å². The minimum Gasteiger partial charge on any atom is -0.438 e. The zero-order chi connectivity index (χ0) is 19.8. The van der Waals surface area contributed by atoms with Gasteiger partial charge in [0.15, 0.2) is 0 Å². The number of halogens is 1. The average Bonchev–Trinajstić information content (AvgIpc) is 3.18. The molecule has 0 radical (unpaired) electrons. The third kappa shape index (κ3) is 3.33. The van der Waals surface area contributed by atoms with E-state index in [2.05, 4.69) is 32.0 Å². The number of nitrogens with zero attached hydrogens (tertiary/aromatic N) is 3. The molecule has 0 spiro atoms. The maximum absolute atomic E-state index is 9.01. The highest BCUT2D eigenvalue weighted by Gasteiger charge is 2.12. The van der Waals surface area contributed by atoms with Gasteiger partial charge in [-0.2, -0.15) is 5.26 Å². The van der Waals surface area contributed by atoms with Crippen LogP contribution in [0.2, 0.25) is 0 Å². The molecule has 0 saturated heterocycles. The van der Waals surface area contributed by atoms with Crippen molar-refractivity contribution in [3.05, 3.63) is 88.4 Å². The Morgan fingerprint density at radius 2 is 1.83 bits per heavy atom. The molecular formula is C23H13BrN4O. The Balaban J connectivity index is 1.78. The summed E-state index contributed by atoms with van der Waals surface area (Å²) >= 11 is 3.51. The van der Waals surface area contributed by atoms with Crippen molar-refractivity contribution in [2.75, 3.05) is 0 Å². The van der Waals surface area contributed by atoms with Gasteiger partial charge in [0.2, 0.25) is 5.55 Å². The Labute approximate surface area is 174 Å². The molecule has 5 nitrogen and oxygen atoms in total. The molecular weight excluding hydrogens is 428 g/mol. The fraction of sp³-hybridized carbons (Fsp3) is 0. The van der Waals surface area contributed by atoms with Crippen LogP contribution in [-0.4, -0.2) is 9.97 Å². The van der Waals surface area contributed by atoms with Crippen LogP contribution in [0.1, 0.15) is 5.56 Å². The third-order valence-corrected chi connectivity index (χ3v) is 5.07. The third-order valence-electron chi connectivity index (χ3n) is 4.58. The van der Waals surface area contributed by atoms with E-state index in [0.717, 1.165) is 32.0 Å². The van der Waals surface area contributed by atoms with Crippen molar-refractivity contribution in [2.24, 2.45) is 4.99 Å². The Kier molecular flexibility index (Phi) is 4.23. The number of fused-ring (bicyclic) bond motifs is 2. The van der Waals surface area contributed by atoms with Gasteiger partial charge in [-0.3, -0.25) is 0 Å². The molecule has 2 heterocycles. The van der Waals surface area contributed by atoms with Gasteiger partial charge in [-0.1, -0.05) is 28.1 Å². The van der Waals surface area contributed by atoms with E-state index in [1.165, 1.54) is 0 Å². The lowest BCUT2D eigenvalue weighted by atomic mass is 10.1. The summed E-state index contributed by atoms with van der Waals surface area (Å²) in [5.74, 6) is 0.684. The van der Waals surface area contributed by atoms with Gasteiger partial charge in [-0.25, -0.2) is 9.98 Å². The topological polar surface area (TPSA) is 78.0 Å². The number of hydrogen-bond donors (Lipinski definition) is 1. The monoisotopic (exact) mass is 440 g/mol. The zero-order valence-corrected chi connectivity index (χ0v) is 16.6. The molecule has 0 bridgehead atoms. The van der Waals surface area contributed by atoms with Gasteiger partial charge in [-0.05, 0) is 60.7 Å². The normalized spacial score (nSPS) is 11.8. The first kappa shape index (κ1) is 17.4. The zero-order valence-electron chi connectivity index (χ0n) is 15.1. The minimum atomic E-state index is 0.448. The highest BCUT2D eigenvalue weighted by Crippen LogP contribution is 2.25. The first-order valence-corrected chi connectivity index (χ1v) is 9.72. The Morgan fingerprint density at radius 3 is 2.62 bits per heavy atom. The van der Waals surface area contributed by atoms with Crippen molar-refractivity contribution in [1.29, 1.82) is 5.26 Å². The predicted octanol–water partition coefficient (Wildman–Crippen LogP) is 5.84. The molecule has 0 atom stereocenters. The van der Waals surface area contributed by atoms with Crippen molar-refractivity contribution < 1.29 is 4.42 Å². The molecule has 3 aromatic carbocycles. The molecule has 0 aliphatic heterocycles. The molecule has 5 aromatic rings. The van der Waals surface area contributed by atoms with Gasteiger partial charge >= 0.3 is 0 Å². The number of hydrogen-bond acceptors (Lipinski definition) is 4. The number of H-pyrrole nitrogens is 1. The number of para-hydroxylation sites is 2. The van der Waals surface area contributed by atoms with Gasteiger partial charge < -0.3 is 9.40 Å². The van der Waals surface area contributed by atoms with Crippen LogP contribution in [0.4, 0.5) is 5.69 Å². The van der Waals surface area contributed by atoms with Crippen LogP contribution in [-0.2, 0) is 0 Å². The van der Waals surface area contributed by atoms with Crippen LogP contribution in [0.25, 0.3) is 33.4 Å². The fourth-order valence-electron chi connectivity index (χ4n) is 3.16. The second-order valence-corrected chi connectivity index (χ2v) is 7.44. The number of benzene rings is 3. The number of nitrogens with one attached hydrogen (secondary N) is 1. The van der Waals surface area contributed by atoms with Crippen LogP contribution >= 0.6 is 15.9 Å². The molecule has 29 heavy (non-hydrogen) atoms. The molecule has 0 amide bonds. The van der Waals surface area contributed by atoms with E-state index in [0.29, 0.717) is 22.6 Å². The summed E-state index contributed by atoms with van der Waals surface area (Å²) in [5.41, 5.74) is 5.03. The van der Waals surface area contributed by atoms with Gasteiger partial charge in [0.05, 0.1) is 33.9 Å². The number of aromatic nitrogens is 2. The summed E-state index contributed by atoms with van der Waals surface area (Å²) in [7, 11) is 0. The standard InChI is InChI=1S/C23H13BrN4O/c24-16-7-10-21-15(11-16)12-18(22-27-19-3-1-2-4-20(19)28-22)23(29-21)26-17-8-5-14(13-25)6-9-17/h1-12H,(H,27,28). The summed E-state index contributed by atoms with van der Waals surface area (Å²) in [4.78, 5) is 12.7. The van der Waals surface area contributed by atoms with Gasteiger partial charge in [0.25, 0.3) is 0 Å². The Hall–Kier alpha value is -3.69. The molecule has 6 heteroatoms. The largest absolute Gasteiger partial charge is 0.438 e. The quantitative estimate of drug-likeness (QED) is 0.374. The number of imidazole rings is 1. The predicted molar refractivity (Wildman–Crippen MR) is 115 cm³/mol. The maximum atomic E-state index is 9.01. The number of rotatable bonds is 2. The van der Waals surface area contributed by atoms with Gasteiger partial charge in [-0.15, -0.1) is 0 Å². The molecule has 0 fully saturated rings. The van der Waals surface area contributed by atoms with E-state index in [4.69, 9.17) is 14.7 Å². The van der Waals surface area contributed by atoms with Gasteiger partial charge in [0, 0.05) is 9.86 Å². The van der Waals surface area contributed by atoms with Crippen LogP contribution in [0.3, 0.4) is 0 Å². The minimum absolute atomic E-state index is 0.448. The smallest absolute Gasteiger partial charge is 0.230 e. The van der Waals surface area contributed by atoms with E-state index < -0.39 is 0 Å². The van der Waals surface area contributed by atoms with E-state index >= 15 is 0 Å². The molecule has 5 rings (SSSR count). The lowest BCUT2D eigenvalue weighted by Gasteiger charge is -2.04. The molecule has 138 valence electrons. The maximum Gasteiger partial charge on any atom is 0.230 e. The van der Waals surface area contributed by atoms with Crippen molar-refractivity contribution in [3.8, 4) is 17.5 Å². The van der Waals surface area contributed by atoms with Crippen LogP contribution in [0.15, 0.2) is 86.7 Å². The molecule has 1 N–H and O–H groups in total. The summed E-state index contributed by atoms with van der Waals surface area (Å²) in [6.07, 6.45) is 0. The summed E-state index contributed by atoms with van der Waals surface area (Å²) in [6.45, 7) is 0. The molecule has 2 aromatic heterocycles. The molecule has 0 saturated carbocycles. The van der Waals surface area contributed by atoms with Crippen molar-refractivity contribution in [3.63, 3.8) is 0 Å². The first-order valence-electron chi connectivity index (χ1n) is 8.93. The first-order chi connectivity index (χ1) is 14.2. The van der Waals surface area contributed by atoms with Crippen molar-refractivity contribution in [2.45, 2.75) is 0 Å². The SMILES string of the molecule is N#Cc1ccc(N=c2oc3ccc(Br)cc3cc2-c2nc3ccccc3[nH]2)cc1. The second-order valence-electron chi connectivity index (χ2n) is 6.52. The molecule has 0 aliphatic rings. The Morgan fingerprint density at radius 1 is 1.00 bits per heavy atom. The Bertz CT molecular complexity index is 1440. The highest BCUT2D eigenvalue weighted by molar-refractivity contribution is 9.10. The lowest BCUT2D eigenvalue weighted by Crippen LogP contribution is -2.06. The van der Waals surface area contributed by atoms with Crippen LogP contribution in [0.5, 0.6) is 0 Å². The summed E-state index contributed by atoms with van der Waals surface area (Å²) < 4.78 is 7.11. The van der Waals surface area contributed by atoms with Gasteiger partial charge in [0.1, 0.15) is 11.4 Å². The fourth-order valence-corrected chi connectivity index (χ4v) is 3.54. The summed E-state index contributed by atoms with van der Waals surface area (Å²) in [5, 5.41) is 9.94. The molecule has 0 aliphatic carbocycles. The average molecular weight is 441 g/mol. The number of aromatic amines is 1. The van der Waals surface area contributed by atoms with Crippen LogP contribution in [0, 0.1) is 11.3 Å². The van der Waals surface area contributed by atoms with E-state index in [-0.39, 0.29) is 0 Å². The second kappa shape index (κ2) is 7.04. The van der Waals surface area contributed by atoms with E-state index in [1.807, 2.05) is 48.5 Å². The summed E-state index contributed by atoms with van der Waals surface area (Å²) in [6, 6.07) is 24.9. The number of nitriles is 1. The van der Waals surface area contributed by atoms with E-state index in [1.54, 1.807) is 24.3 Å².